The van der Waals surface area contributed by atoms with Crippen LogP contribution in [0.2, 0.25) is 5.02 Å². The summed E-state index contributed by atoms with van der Waals surface area (Å²) in [6, 6.07) is 3.40. The minimum Gasteiger partial charge on any atom is -0.308 e. The van der Waals surface area contributed by atoms with Gasteiger partial charge in [0.1, 0.15) is 11.6 Å². The van der Waals surface area contributed by atoms with Gasteiger partial charge in [-0.05, 0) is 32.2 Å². The van der Waals surface area contributed by atoms with E-state index < -0.39 is 17.7 Å². The third-order valence-electron chi connectivity index (χ3n) is 2.98. The molecule has 1 aromatic heterocycles. The molecule has 1 N–H and O–H groups in total. The fourth-order valence-electron chi connectivity index (χ4n) is 2.07. The van der Waals surface area contributed by atoms with Crippen molar-refractivity contribution in [2.45, 2.75) is 19.5 Å². The maximum atomic E-state index is 14.0. The first-order valence-electron chi connectivity index (χ1n) is 5.91. The highest BCUT2D eigenvalue weighted by Gasteiger charge is 2.21. The number of nitrogens with one attached hydrogen (secondary N) is 1. The van der Waals surface area contributed by atoms with Gasteiger partial charge < -0.3 is 5.32 Å². The van der Waals surface area contributed by atoms with Crippen LogP contribution < -0.4 is 5.32 Å². The van der Waals surface area contributed by atoms with Gasteiger partial charge in [-0.15, -0.1) is 0 Å². The number of hydrogen-bond acceptors (Lipinski definition) is 2. The first-order chi connectivity index (χ1) is 9.08. The van der Waals surface area contributed by atoms with Crippen LogP contribution in [0, 0.1) is 11.6 Å². The van der Waals surface area contributed by atoms with Crippen molar-refractivity contribution >= 4 is 11.6 Å². The average Bonchev–Trinajstić information content (AvgIpc) is 2.84. The van der Waals surface area contributed by atoms with Gasteiger partial charge in [0.25, 0.3) is 0 Å². The molecule has 1 aromatic carbocycles. The second-order valence-corrected chi connectivity index (χ2v) is 4.49. The quantitative estimate of drug-likeness (QED) is 0.875. The van der Waals surface area contributed by atoms with E-state index in [9.17, 15) is 8.78 Å². The maximum absolute atomic E-state index is 14.0. The van der Waals surface area contributed by atoms with Crippen molar-refractivity contribution in [1.29, 1.82) is 0 Å². The predicted octanol–water partition coefficient (Wildman–Crippen LogP) is 3.14. The number of benzene rings is 1. The van der Waals surface area contributed by atoms with E-state index in [1.165, 1.54) is 0 Å². The first kappa shape index (κ1) is 14.0. The summed E-state index contributed by atoms with van der Waals surface area (Å²) in [5, 5.41) is 6.88. The number of rotatable bonds is 4. The standard InChI is InChI=1S/C13H14ClF2N3/c1-3-19-12(4-5-18-19)13(17-2)8-6-11(16)9(14)7-10(8)15/h4-7,13,17H,3H2,1-2H3. The maximum Gasteiger partial charge on any atom is 0.142 e. The lowest BCUT2D eigenvalue weighted by atomic mass is 10.0. The van der Waals surface area contributed by atoms with Crippen LogP contribution >= 0.6 is 11.6 Å². The monoisotopic (exact) mass is 285 g/mol. The third-order valence-corrected chi connectivity index (χ3v) is 3.27. The van der Waals surface area contributed by atoms with Crippen LogP contribution in [0.3, 0.4) is 0 Å². The summed E-state index contributed by atoms with van der Waals surface area (Å²) in [5.74, 6) is -1.18. The molecule has 6 heteroatoms. The van der Waals surface area contributed by atoms with Crippen LogP contribution in [0.1, 0.15) is 24.2 Å². The molecule has 1 heterocycles. The molecule has 19 heavy (non-hydrogen) atoms. The number of aryl methyl sites for hydroxylation is 1. The van der Waals surface area contributed by atoms with Gasteiger partial charge in [0, 0.05) is 18.3 Å². The summed E-state index contributed by atoms with van der Waals surface area (Å²) in [7, 11) is 1.68. The normalized spacial score (nSPS) is 12.7. The highest BCUT2D eigenvalue weighted by molar-refractivity contribution is 6.30. The second-order valence-electron chi connectivity index (χ2n) is 4.08. The Kier molecular flexibility index (Phi) is 4.17. The average molecular weight is 286 g/mol. The molecule has 3 nitrogen and oxygen atoms in total. The zero-order valence-corrected chi connectivity index (χ0v) is 11.4. The highest BCUT2D eigenvalue weighted by Crippen LogP contribution is 2.28. The lowest BCUT2D eigenvalue weighted by molar-refractivity contribution is 0.525. The summed E-state index contributed by atoms with van der Waals surface area (Å²) in [6.45, 7) is 2.58. The summed E-state index contributed by atoms with van der Waals surface area (Å²) in [6.07, 6.45) is 1.63. The molecule has 2 aromatic rings. The fourth-order valence-corrected chi connectivity index (χ4v) is 2.22. The smallest absolute Gasteiger partial charge is 0.142 e. The van der Waals surface area contributed by atoms with Crippen LogP contribution in [-0.4, -0.2) is 16.8 Å². The molecule has 2 rings (SSSR count). The summed E-state index contributed by atoms with van der Waals surface area (Å²) in [4.78, 5) is 0. The Hall–Kier alpha value is -1.46. The minimum absolute atomic E-state index is 0.208. The van der Waals surface area contributed by atoms with E-state index in [4.69, 9.17) is 11.6 Å². The van der Waals surface area contributed by atoms with E-state index in [2.05, 4.69) is 10.4 Å². The van der Waals surface area contributed by atoms with Crippen molar-refractivity contribution in [3.05, 3.63) is 52.3 Å². The molecular weight excluding hydrogens is 272 g/mol. The van der Waals surface area contributed by atoms with E-state index >= 15 is 0 Å². The Morgan fingerprint density at radius 3 is 2.74 bits per heavy atom. The van der Waals surface area contributed by atoms with E-state index in [0.717, 1.165) is 17.8 Å². The van der Waals surface area contributed by atoms with Crippen LogP contribution in [0.4, 0.5) is 8.78 Å². The van der Waals surface area contributed by atoms with Crippen LogP contribution in [-0.2, 0) is 6.54 Å². The summed E-state index contributed by atoms with van der Waals surface area (Å²) >= 11 is 5.56. The van der Waals surface area contributed by atoms with Gasteiger partial charge in [-0.1, -0.05) is 11.6 Å². The summed E-state index contributed by atoms with van der Waals surface area (Å²) in [5.41, 5.74) is 0.977. The van der Waals surface area contributed by atoms with Gasteiger partial charge in [0.05, 0.1) is 16.8 Å². The molecule has 0 aliphatic rings. The number of nitrogens with zero attached hydrogens (tertiary/aromatic N) is 2. The van der Waals surface area contributed by atoms with Gasteiger partial charge in [-0.25, -0.2) is 8.78 Å². The molecule has 0 aliphatic carbocycles. The van der Waals surface area contributed by atoms with E-state index in [1.807, 2.05) is 6.92 Å². The minimum atomic E-state index is -0.638. The van der Waals surface area contributed by atoms with Crippen molar-refractivity contribution in [3.63, 3.8) is 0 Å². The van der Waals surface area contributed by atoms with E-state index in [0.29, 0.717) is 6.54 Å². The van der Waals surface area contributed by atoms with Gasteiger partial charge in [0.2, 0.25) is 0 Å². The summed E-state index contributed by atoms with van der Waals surface area (Å²) < 4.78 is 29.2. The fraction of sp³-hybridized carbons (Fsp3) is 0.308. The lowest BCUT2D eigenvalue weighted by Gasteiger charge is -2.19. The van der Waals surface area contributed by atoms with Gasteiger partial charge in [-0.3, -0.25) is 4.68 Å². The molecule has 0 saturated carbocycles. The molecule has 1 unspecified atom stereocenters. The molecule has 0 amide bonds. The zero-order valence-electron chi connectivity index (χ0n) is 10.6. The molecule has 102 valence electrons. The Morgan fingerprint density at radius 2 is 2.11 bits per heavy atom. The molecule has 0 bridgehead atoms. The van der Waals surface area contributed by atoms with Crippen molar-refractivity contribution in [1.82, 2.24) is 15.1 Å². The topological polar surface area (TPSA) is 29.9 Å². The third kappa shape index (κ3) is 2.62. The molecule has 0 saturated heterocycles. The highest BCUT2D eigenvalue weighted by atomic mass is 35.5. The van der Waals surface area contributed by atoms with Gasteiger partial charge in [0.15, 0.2) is 0 Å². The number of halogens is 3. The Balaban J connectivity index is 2.51. The van der Waals surface area contributed by atoms with E-state index in [-0.39, 0.29) is 10.6 Å². The van der Waals surface area contributed by atoms with Crippen molar-refractivity contribution in [2.75, 3.05) is 7.05 Å². The van der Waals surface area contributed by atoms with Crippen LogP contribution in [0.25, 0.3) is 0 Å². The lowest BCUT2D eigenvalue weighted by Crippen LogP contribution is -2.22. The van der Waals surface area contributed by atoms with Crippen molar-refractivity contribution in [2.24, 2.45) is 0 Å². The Labute approximate surface area is 115 Å². The predicted molar refractivity (Wildman–Crippen MR) is 70.2 cm³/mol. The zero-order chi connectivity index (χ0) is 14.0. The molecule has 1 atom stereocenters. The van der Waals surface area contributed by atoms with Crippen molar-refractivity contribution in [3.8, 4) is 0 Å². The second kappa shape index (κ2) is 5.67. The molecule has 0 spiro atoms. The number of aromatic nitrogens is 2. The molecular formula is C13H14ClF2N3. The Bertz CT molecular complexity index is 583. The van der Waals surface area contributed by atoms with Crippen LogP contribution in [0.15, 0.2) is 24.4 Å². The largest absolute Gasteiger partial charge is 0.308 e. The first-order valence-corrected chi connectivity index (χ1v) is 6.29. The van der Waals surface area contributed by atoms with Crippen LogP contribution in [0.5, 0.6) is 0 Å². The number of hydrogen-bond donors (Lipinski definition) is 1. The van der Waals surface area contributed by atoms with E-state index in [1.54, 1.807) is 24.0 Å². The van der Waals surface area contributed by atoms with Crippen molar-refractivity contribution < 1.29 is 8.78 Å². The molecule has 0 radical (unpaired) electrons. The SMILES string of the molecule is CCn1nccc1C(NC)c1cc(F)c(Cl)cc1F. The molecule has 0 fully saturated rings. The van der Waals surface area contributed by atoms with Gasteiger partial charge >= 0.3 is 0 Å². The molecule has 0 aliphatic heterocycles. The Morgan fingerprint density at radius 1 is 1.37 bits per heavy atom. The van der Waals surface area contributed by atoms with Gasteiger partial charge in [-0.2, -0.15) is 5.10 Å².